The number of ether oxygens (including phenoxy) is 2. The highest BCUT2D eigenvalue weighted by Crippen LogP contribution is 2.60. The Hall–Kier alpha value is -1.73. The molecule has 0 atom stereocenters. The van der Waals surface area contributed by atoms with E-state index in [1.54, 1.807) is 20.8 Å². The minimum Gasteiger partial charge on any atom is -0.477 e. The number of rotatable bonds is 5. The summed E-state index contributed by atoms with van der Waals surface area (Å²) in [5, 5.41) is 3.71. The fraction of sp³-hybridized carbons (Fsp3) is 0.733. The maximum Gasteiger partial charge on any atom is 0.435 e. The van der Waals surface area contributed by atoms with Crippen molar-refractivity contribution in [1.82, 2.24) is 9.78 Å². The Morgan fingerprint density at radius 1 is 1.43 bits per heavy atom. The van der Waals surface area contributed by atoms with E-state index in [0.717, 1.165) is 4.68 Å². The van der Waals surface area contributed by atoms with Crippen molar-refractivity contribution in [3.8, 4) is 5.88 Å². The van der Waals surface area contributed by atoms with Crippen LogP contribution >= 0.6 is 0 Å². The molecule has 8 heteroatoms. The molecule has 0 unspecified atom stereocenters. The van der Waals surface area contributed by atoms with E-state index in [0.29, 0.717) is 0 Å². The highest BCUT2D eigenvalue weighted by molar-refractivity contribution is 5.69. The lowest BCUT2D eigenvalue weighted by atomic mass is 10.0. The van der Waals surface area contributed by atoms with Gasteiger partial charge in [-0.05, 0) is 46.4 Å². The molecule has 0 saturated heterocycles. The van der Waals surface area contributed by atoms with Crippen LogP contribution < -0.4 is 4.74 Å². The number of halogens is 3. The minimum atomic E-state index is -4.86. The van der Waals surface area contributed by atoms with Gasteiger partial charge in [-0.3, -0.25) is 0 Å². The second-order valence-corrected chi connectivity index (χ2v) is 6.25. The third-order valence-electron chi connectivity index (χ3n) is 3.06. The maximum absolute atomic E-state index is 13.2. The summed E-state index contributed by atoms with van der Waals surface area (Å²) >= 11 is 0. The monoisotopic (exact) mass is 338 g/mol. The summed E-state index contributed by atoms with van der Waals surface area (Å²) in [5.74, 6) is -0.239. The first kappa shape index (κ1) is 12.7. The number of hydrogen-bond acceptors (Lipinski definition) is 4. The van der Waals surface area contributed by atoms with Crippen LogP contribution in [-0.4, -0.2) is 34.3 Å². The first-order chi connectivity index (χ1) is 12.0. The molecule has 0 bridgehead atoms. The molecule has 2 rings (SSSR count). The van der Waals surface area contributed by atoms with Crippen molar-refractivity contribution < 1.29 is 32.9 Å². The van der Waals surface area contributed by atoms with Gasteiger partial charge in [0.2, 0.25) is 5.88 Å². The molecule has 1 aromatic heterocycles. The Kier molecular flexibility index (Phi) is 3.33. The Bertz CT molecular complexity index is 710. The Morgan fingerprint density at radius 2 is 2.09 bits per heavy atom. The zero-order valence-corrected chi connectivity index (χ0v) is 13.0. The van der Waals surface area contributed by atoms with Crippen LogP contribution in [-0.2, 0) is 4.74 Å². The normalized spacial score (nSPS) is 20.8. The zero-order chi connectivity index (χ0) is 20.9. The van der Waals surface area contributed by atoms with E-state index in [-0.39, 0.29) is 5.88 Å². The van der Waals surface area contributed by atoms with Crippen molar-refractivity contribution in [2.75, 3.05) is 6.61 Å². The molecule has 1 heterocycles. The molecule has 1 aliphatic carbocycles. The van der Waals surface area contributed by atoms with Crippen LogP contribution in [0.4, 0.5) is 18.0 Å². The predicted octanol–water partition coefficient (Wildman–Crippen LogP) is 4.17. The van der Waals surface area contributed by atoms with Crippen LogP contribution in [0, 0.1) is 5.41 Å². The lowest BCUT2D eigenvalue weighted by Gasteiger charge is -2.19. The lowest BCUT2D eigenvalue weighted by Crippen LogP contribution is -2.27. The van der Waals surface area contributed by atoms with Crippen LogP contribution in [0.1, 0.15) is 51.8 Å². The average Bonchev–Trinajstić information content (AvgIpc) is 3.17. The fourth-order valence-corrected chi connectivity index (χ4v) is 1.71. The summed E-state index contributed by atoms with van der Waals surface area (Å²) in [6.07, 6.45) is -11.6. The van der Waals surface area contributed by atoms with E-state index >= 15 is 0 Å². The van der Waals surface area contributed by atoms with Crippen molar-refractivity contribution in [2.24, 2.45) is 5.41 Å². The Balaban J connectivity index is 2.07. The van der Waals surface area contributed by atoms with E-state index in [2.05, 4.69) is 5.10 Å². The molecule has 0 N–H and O–H groups in total. The van der Waals surface area contributed by atoms with E-state index < -0.39 is 55.5 Å². The highest BCUT2D eigenvalue weighted by Gasteiger charge is 2.62. The first-order valence-corrected chi connectivity index (χ1v) is 7.01. The molecule has 23 heavy (non-hydrogen) atoms. The molecule has 5 nitrogen and oxygen atoms in total. The number of nitrogens with zero attached hydrogens (tertiary/aromatic N) is 2. The maximum atomic E-state index is 13.2. The van der Waals surface area contributed by atoms with Crippen molar-refractivity contribution in [1.29, 1.82) is 0 Å². The first-order valence-electron chi connectivity index (χ1n) is 9.01. The summed E-state index contributed by atoms with van der Waals surface area (Å²) in [6.45, 7) is 3.95. The molecule has 0 radical (unpaired) electrons. The molecule has 1 aliphatic rings. The summed E-state index contributed by atoms with van der Waals surface area (Å²) in [4.78, 5) is 11.8. The average molecular weight is 338 g/mol. The van der Waals surface area contributed by atoms with Gasteiger partial charge in [0, 0.05) is 17.7 Å². The third-order valence-corrected chi connectivity index (χ3v) is 3.06. The van der Waals surface area contributed by atoms with E-state index in [1.807, 2.05) is 0 Å². The quantitative estimate of drug-likeness (QED) is 0.809. The fourth-order valence-electron chi connectivity index (χ4n) is 1.71. The largest absolute Gasteiger partial charge is 0.477 e. The molecule has 0 aromatic carbocycles. The predicted molar refractivity (Wildman–Crippen MR) is 76.3 cm³/mol. The van der Waals surface area contributed by atoms with Gasteiger partial charge in [0.1, 0.15) is 5.60 Å². The zero-order valence-electron chi connectivity index (χ0n) is 17.0. The van der Waals surface area contributed by atoms with Gasteiger partial charge in [0.15, 0.2) is 0 Å². The number of carbonyl (C=O) groups is 1. The van der Waals surface area contributed by atoms with Crippen molar-refractivity contribution >= 4 is 6.09 Å². The van der Waals surface area contributed by atoms with Gasteiger partial charge in [0.05, 0.1) is 12.0 Å². The second-order valence-electron chi connectivity index (χ2n) is 6.25. The molecule has 0 aliphatic heterocycles. The van der Waals surface area contributed by atoms with Crippen LogP contribution in [0.5, 0.6) is 5.88 Å². The van der Waals surface area contributed by atoms with E-state index in [9.17, 15) is 18.0 Å². The number of alkyl halides is 3. The molecule has 1 aromatic rings. The van der Waals surface area contributed by atoms with Crippen molar-refractivity contribution in [3.05, 3.63) is 12.3 Å². The number of carbonyl (C=O) groups excluding carboxylic acids is 1. The summed E-state index contributed by atoms with van der Waals surface area (Å²) in [6, 6.07) is 1.20. The van der Waals surface area contributed by atoms with Gasteiger partial charge in [-0.25, -0.2) is 4.79 Å². The van der Waals surface area contributed by atoms with E-state index in [4.69, 9.17) is 15.0 Å². The van der Waals surface area contributed by atoms with Crippen LogP contribution in [0.15, 0.2) is 12.3 Å². The van der Waals surface area contributed by atoms with Gasteiger partial charge >= 0.3 is 12.3 Å². The molecular formula is C15H21F3N2O3. The van der Waals surface area contributed by atoms with Gasteiger partial charge in [0.25, 0.3) is 0 Å². The van der Waals surface area contributed by atoms with Crippen LogP contribution in [0.3, 0.4) is 0 Å². The Labute approximate surface area is 138 Å². The van der Waals surface area contributed by atoms with Gasteiger partial charge in [-0.2, -0.15) is 17.9 Å². The highest BCUT2D eigenvalue weighted by atomic mass is 19.4. The van der Waals surface area contributed by atoms with Crippen LogP contribution in [0.2, 0.25) is 0 Å². The molecule has 0 spiro atoms. The third kappa shape index (κ3) is 4.62. The summed E-state index contributed by atoms with van der Waals surface area (Å²) < 4.78 is 81.7. The standard InChI is InChI=1S/C15H21F3N2O3/c1-13(2,3)23-12(21)20-9-5-11(19-20)22-10-4-6-14(7-8-14)15(16,17)18/h5,9H,4,6-8,10H2,1-3H3/i4D2,6D2. The van der Waals surface area contributed by atoms with Crippen molar-refractivity contribution in [2.45, 2.75) is 58.1 Å². The van der Waals surface area contributed by atoms with Gasteiger partial charge < -0.3 is 9.47 Å². The van der Waals surface area contributed by atoms with E-state index in [1.165, 1.54) is 12.3 Å². The SMILES string of the molecule is [2H]C([2H])(COc1ccn(C(=O)OC(C)(C)C)n1)C([2H])([2H])C1(C(F)(F)F)CC1. The molecule has 1 saturated carbocycles. The summed E-state index contributed by atoms with van der Waals surface area (Å²) in [5.41, 5.74) is -3.49. The number of aromatic nitrogens is 2. The summed E-state index contributed by atoms with van der Waals surface area (Å²) in [7, 11) is 0. The second kappa shape index (κ2) is 6.05. The Morgan fingerprint density at radius 3 is 2.61 bits per heavy atom. The molecule has 130 valence electrons. The lowest BCUT2D eigenvalue weighted by molar-refractivity contribution is -0.189. The smallest absolute Gasteiger partial charge is 0.435 e. The molecule has 1 fully saturated rings. The van der Waals surface area contributed by atoms with Gasteiger partial charge in [-0.1, -0.05) is 0 Å². The number of hydrogen-bond donors (Lipinski definition) is 0. The molecule has 0 amide bonds. The molecular weight excluding hydrogens is 313 g/mol. The topological polar surface area (TPSA) is 53.4 Å². The van der Waals surface area contributed by atoms with Crippen molar-refractivity contribution in [3.63, 3.8) is 0 Å². The minimum absolute atomic E-state index is 0.239. The van der Waals surface area contributed by atoms with Crippen LogP contribution in [0.25, 0.3) is 0 Å². The van der Waals surface area contributed by atoms with Gasteiger partial charge in [-0.15, -0.1) is 5.10 Å².